The van der Waals surface area contributed by atoms with Gasteiger partial charge in [0.05, 0.1) is 6.10 Å². The van der Waals surface area contributed by atoms with Gasteiger partial charge < -0.3 is 4.74 Å². The quantitative estimate of drug-likeness (QED) is 0.444. The van der Waals surface area contributed by atoms with Crippen molar-refractivity contribution in [3.05, 3.63) is 12.2 Å². The second-order valence-corrected chi connectivity index (χ2v) is 2.16. The van der Waals surface area contributed by atoms with Crippen molar-refractivity contribution in [2.75, 3.05) is 0 Å². The molecule has 0 bridgehead atoms. The molecule has 0 unspecified atom stereocenters. The van der Waals surface area contributed by atoms with E-state index in [0.717, 1.165) is 6.42 Å². The Labute approximate surface area is 61.9 Å². The van der Waals surface area contributed by atoms with Crippen LogP contribution in [0.15, 0.2) is 12.2 Å². The molecule has 0 radical (unpaired) electrons. The van der Waals surface area contributed by atoms with Crippen molar-refractivity contribution in [2.45, 2.75) is 33.3 Å². The van der Waals surface area contributed by atoms with Crippen LogP contribution in [0.4, 0.5) is 0 Å². The minimum absolute atomic E-state index is 0.0312. The molecule has 0 aromatic carbocycles. The Bertz CT molecular complexity index is 127. The van der Waals surface area contributed by atoms with E-state index in [2.05, 4.69) is 0 Å². The van der Waals surface area contributed by atoms with Gasteiger partial charge in [0.15, 0.2) is 0 Å². The molecule has 0 aromatic heterocycles. The minimum atomic E-state index is -0.253. The molecule has 0 heterocycles. The van der Waals surface area contributed by atoms with Crippen LogP contribution in [0.5, 0.6) is 0 Å². The Morgan fingerprint density at radius 1 is 1.70 bits per heavy atom. The molecular weight excluding hydrogens is 128 g/mol. The fourth-order valence-electron chi connectivity index (χ4n) is 0.457. The summed E-state index contributed by atoms with van der Waals surface area (Å²) in [6, 6.07) is 0. The maximum atomic E-state index is 10.7. The first-order chi connectivity index (χ1) is 4.70. The molecular formula is C8H14O2. The van der Waals surface area contributed by atoms with Gasteiger partial charge in [-0.15, -0.1) is 0 Å². The lowest BCUT2D eigenvalue weighted by molar-refractivity contribution is -0.142. The van der Waals surface area contributed by atoms with Gasteiger partial charge in [-0.3, -0.25) is 0 Å². The average molecular weight is 142 g/mol. The Hall–Kier alpha value is -0.790. The summed E-state index contributed by atoms with van der Waals surface area (Å²) in [5.41, 5.74) is 0. The number of rotatable bonds is 3. The first-order valence-electron chi connectivity index (χ1n) is 3.54. The molecule has 10 heavy (non-hydrogen) atoms. The molecule has 0 saturated carbocycles. The van der Waals surface area contributed by atoms with E-state index < -0.39 is 0 Å². The number of carbonyl (C=O) groups is 1. The minimum Gasteiger partial charge on any atom is -0.460 e. The molecule has 0 fully saturated rings. The highest BCUT2D eigenvalue weighted by Crippen LogP contribution is 1.96. The van der Waals surface area contributed by atoms with Gasteiger partial charge in [-0.25, -0.2) is 4.79 Å². The van der Waals surface area contributed by atoms with Crippen LogP contribution in [0.1, 0.15) is 27.2 Å². The highest BCUT2D eigenvalue weighted by atomic mass is 16.5. The van der Waals surface area contributed by atoms with Gasteiger partial charge in [-0.05, 0) is 20.3 Å². The summed E-state index contributed by atoms with van der Waals surface area (Å²) < 4.78 is 4.91. The van der Waals surface area contributed by atoms with E-state index in [1.165, 1.54) is 6.08 Å². The van der Waals surface area contributed by atoms with Crippen molar-refractivity contribution in [1.82, 2.24) is 0 Å². The van der Waals surface area contributed by atoms with Crippen LogP contribution in [0.2, 0.25) is 0 Å². The van der Waals surface area contributed by atoms with Gasteiger partial charge in [0, 0.05) is 6.08 Å². The van der Waals surface area contributed by atoms with Crippen molar-refractivity contribution in [3.8, 4) is 0 Å². The number of esters is 1. The Kier molecular flexibility index (Phi) is 4.63. The first kappa shape index (κ1) is 9.21. The molecule has 0 spiro atoms. The predicted octanol–water partition coefficient (Wildman–Crippen LogP) is 1.90. The number of hydrogen-bond donors (Lipinski definition) is 0. The molecule has 2 heteroatoms. The summed E-state index contributed by atoms with van der Waals surface area (Å²) in [5.74, 6) is -0.253. The third kappa shape index (κ3) is 4.13. The van der Waals surface area contributed by atoms with E-state index in [4.69, 9.17) is 4.74 Å². The Morgan fingerprint density at radius 3 is 2.70 bits per heavy atom. The van der Waals surface area contributed by atoms with E-state index >= 15 is 0 Å². The summed E-state index contributed by atoms with van der Waals surface area (Å²) in [4.78, 5) is 10.7. The molecule has 0 saturated heterocycles. The fraction of sp³-hybridized carbons (Fsp3) is 0.625. The molecule has 1 atom stereocenters. The summed E-state index contributed by atoms with van der Waals surface area (Å²) in [6.07, 6.45) is 3.99. The van der Waals surface area contributed by atoms with Crippen molar-refractivity contribution in [3.63, 3.8) is 0 Å². The van der Waals surface area contributed by atoms with Crippen LogP contribution in [0.3, 0.4) is 0 Å². The maximum absolute atomic E-state index is 10.7. The van der Waals surface area contributed by atoms with Gasteiger partial charge in [0.25, 0.3) is 0 Å². The van der Waals surface area contributed by atoms with Crippen LogP contribution in [0, 0.1) is 0 Å². The molecule has 0 aromatic rings. The molecule has 2 nitrogen and oxygen atoms in total. The summed E-state index contributed by atoms with van der Waals surface area (Å²) in [5, 5.41) is 0. The van der Waals surface area contributed by atoms with Crippen LogP contribution in [-0.2, 0) is 9.53 Å². The molecule has 0 rings (SSSR count). The summed E-state index contributed by atoms with van der Waals surface area (Å²) in [6.45, 7) is 5.65. The largest absolute Gasteiger partial charge is 0.460 e. The standard InChI is InChI=1S/C8H14O2/c1-4-6-8(9)10-7(3)5-2/h4,6-7H,5H2,1-3H3/b6-4+/t7-/m0/s1. The fourth-order valence-corrected chi connectivity index (χ4v) is 0.457. The normalized spacial score (nSPS) is 13.5. The van der Waals surface area contributed by atoms with E-state index in [1.54, 1.807) is 13.0 Å². The number of carbonyl (C=O) groups excluding carboxylic acids is 1. The lowest BCUT2D eigenvalue weighted by atomic mass is 10.3. The van der Waals surface area contributed by atoms with Gasteiger partial charge in [0.1, 0.15) is 0 Å². The molecule has 0 aliphatic heterocycles. The Balaban J connectivity index is 3.57. The third-order valence-electron chi connectivity index (χ3n) is 1.20. The lowest BCUT2D eigenvalue weighted by Crippen LogP contribution is -2.11. The topological polar surface area (TPSA) is 26.3 Å². The van der Waals surface area contributed by atoms with Crippen molar-refractivity contribution in [2.24, 2.45) is 0 Å². The lowest BCUT2D eigenvalue weighted by Gasteiger charge is -2.07. The zero-order valence-corrected chi connectivity index (χ0v) is 6.76. The number of allylic oxidation sites excluding steroid dienone is 1. The van der Waals surface area contributed by atoms with Gasteiger partial charge >= 0.3 is 5.97 Å². The number of hydrogen-bond acceptors (Lipinski definition) is 2. The van der Waals surface area contributed by atoms with Crippen LogP contribution < -0.4 is 0 Å². The SMILES string of the molecule is C/C=C/C(=O)O[C@@H](C)CC. The van der Waals surface area contributed by atoms with E-state index in [1.807, 2.05) is 13.8 Å². The predicted molar refractivity (Wildman–Crippen MR) is 40.7 cm³/mol. The smallest absolute Gasteiger partial charge is 0.330 e. The zero-order valence-electron chi connectivity index (χ0n) is 6.76. The third-order valence-corrected chi connectivity index (χ3v) is 1.20. The van der Waals surface area contributed by atoms with Crippen molar-refractivity contribution < 1.29 is 9.53 Å². The summed E-state index contributed by atoms with van der Waals surface area (Å²) in [7, 11) is 0. The van der Waals surface area contributed by atoms with Gasteiger partial charge in [0.2, 0.25) is 0 Å². The second-order valence-electron chi connectivity index (χ2n) is 2.16. The van der Waals surface area contributed by atoms with E-state index in [9.17, 15) is 4.79 Å². The second kappa shape index (κ2) is 5.03. The zero-order chi connectivity index (χ0) is 7.98. The van der Waals surface area contributed by atoms with Gasteiger partial charge in [-0.2, -0.15) is 0 Å². The molecule has 0 N–H and O–H groups in total. The maximum Gasteiger partial charge on any atom is 0.330 e. The number of ether oxygens (including phenoxy) is 1. The molecule has 0 aliphatic rings. The highest BCUT2D eigenvalue weighted by Gasteiger charge is 2.01. The average Bonchev–Trinajstić information content (AvgIpc) is 1.88. The van der Waals surface area contributed by atoms with Crippen molar-refractivity contribution in [1.29, 1.82) is 0 Å². The molecule has 0 aliphatic carbocycles. The van der Waals surface area contributed by atoms with E-state index in [0.29, 0.717) is 0 Å². The Morgan fingerprint density at radius 2 is 2.30 bits per heavy atom. The van der Waals surface area contributed by atoms with Crippen LogP contribution >= 0.6 is 0 Å². The van der Waals surface area contributed by atoms with Crippen molar-refractivity contribution >= 4 is 5.97 Å². The molecule has 0 amide bonds. The van der Waals surface area contributed by atoms with E-state index in [-0.39, 0.29) is 12.1 Å². The monoisotopic (exact) mass is 142 g/mol. The molecule has 58 valence electrons. The van der Waals surface area contributed by atoms with Crippen LogP contribution in [0.25, 0.3) is 0 Å². The van der Waals surface area contributed by atoms with Crippen LogP contribution in [-0.4, -0.2) is 12.1 Å². The first-order valence-corrected chi connectivity index (χ1v) is 3.54. The highest BCUT2D eigenvalue weighted by molar-refractivity contribution is 5.81. The van der Waals surface area contributed by atoms with Gasteiger partial charge in [-0.1, -0.05) is 13.0 Å². The summed E-state index contributed by atoms with van der Waals surface area (Å²) >= 11 is 0.